The Labute approximate surface area is 157 Å². The van der Waals surface area contributed by atoms with E-state index in [1.54, 1.807) is 50.2 Å². The molecule has 2 aromatic rings. The normalized spacial score (nSPS) is 12.5. The van der Waals surface area contributed by atoms with Crippen LogP contribution >= 0.6 is 11.6 Å². The number of amides is 1. The van der Waals surface area contributed by atoms with Crippen LogP contribution in [0.15, 0.2) is 48.5 Å². The maximum absolute atomic E-state index is 13.0. The van der Waals surface area contributed by atoms with Crippen LogP contribution < -0.4 is 10.1 Å². The average molecular weight is 380 g/mol. The number of carbonyl (C=O) groups excluding carboxylic acids is 1. The smallest absolute Gasteiger partial charge is 0.263 e. The Morgan fingerprint density at radius 3 is 2.58 bits per heavy atom. The van der Waals surface area contributed by atoms with Gasteiger partial charge in [0.25, 0.3) is 5.91 Å². The number of carbonyl (C=O) groups is 1. The molecule has 0 aliphatic heterocycles. The summed E-state index contributed by atoms with van der Waals surface area (Å²) < 4.78 is 18.7. The lowest BCUT2D eigenvalue weighted by Crippen LogP contribution is -2.48. The Hall–Kier alpha value is -2.11. The average Bonchev–Trinajstić information content (AvgIpc) is 2.59. The van der Waals surface area contributed by atoms with Gasteiger partial charge in [-0.3, -0.25) is 4.79 Å². The molecule has 26 heavy (non-hydrogen) atoms. The molecule has 0 bridgehead atoms. The molecule has 2 rings (SSSR count). The molecule has 0 aliphatic carbocycles. The number of rotatable bonds is 8. The van der Waals surface area contributed by atoms with Crippen molar-refractivity contribution < 1.29 is 19.0 Å². The number of aliphatic hydroxyl groups is 1. The fourth-order valence-corrected chi connectivity index (χ4v) is 2.66. The van der Waals surface area contributed by atoms with Gasteiger partial charge in [0, 0.05) is 24.1 Å². The number of nitrogens with one attached hydrogen (secondary N) is 1. The molecule has 0 spiro atoms. The van der Waals surface area contributed by atoms with E-state index >= 15 is 0 Å². The van der Waals surface area contributed by atoms with E-state index < -0.39 is 5.60 Å². The maximum atomic E-state index is 13.0. The highest BCUT2D eigenvalue weighted by molar-refractivity contribution is 6.30. The highest BCUT2D eigenvalue weighted by Crippen LogP contribution is 2.22. The second kappa shape index (κ2) is 9.01. The Morgan fingerprint density at radius 2 is 1.96 bits per heavy atom. The van der Waals surface area contributed by atoms with E-state index in [1.807, 2.05) is 0 Å². The lowest BCUT2D eigenvalue weighted by Gasteiger charge is -2.26. The minimum Gasteiger partial charge on any atom is -0.478 e. The standard InChI is InChI=1S/C20H23ClFNO3/c1-20(2,26-18-5-3-4-16(21)11-18)19(25)23-12-15(13-24)10-14-6-8-17(22)9-7-14/h3-9,11,15,24H,10,12-13H2,1-2H3,(H,23,25)/t15-/m1/s1. The molecule has 0 saturated carbocycles. The Kier molecular flexibility index (Phi) is 7.00. The quantitative estimate of drug-likeness (QED) is 0.736. The van der Waals surface area contributed by atoms with Gasteiger partial charge in [0.1, 0.15) is 11.6 Å². The van der Waals surface area contributed by atoms with E-state index in [0.717, 1.165) is 5.56 Å². The molecule has 0 heterocycles. The zero-order valence-corrected chi connectivity index (χ0v) is 15.6. The molecule has 2 N–H and O–H groups in total. The zero-order chi connectivity index (χ0) is 19.2. The molecule has 0 radical (unpaired) electrons. The summed E-state index contributed by atoms with van der Waals surface area (Å²) in [5, 5.41) is 12.9. The van der Waals surface area contributed by atoms with E-state index in [0.29, 0.717) is 17.2 Å². The van der Waals surface area contributed by atoms with Gasteiger partial charge in [-0.15, -0.1) is 0 Å². The Balaban J connectivity index is 1.91. The first-order valence-corrected chi connectivity index (χ1v) is 8.76. The Morgan fingerprint density at radius 1 is 1.27 bits per heavy atom. The van der Waals surface area contributed by atoms with Crippen LogP contribution in [-0.4, -0.2) is 29.8 Å². The van der Waals surface area contributed by atoms with Crippen molar-refractivity contribution in [3.8, 4) is 5.75 Å². The molecular formula is C20H23ClFNO3. The summed E-state index contributed by atoms with van der Waals surface area (Å²) in [5.74, 6) is -0.272. The molecule has 0 aromatic heterocycles. The van der Waals surface area contributed by atoms with E-state index in [1.165, 1.54) is 12.1 Å². The molecule has 140 valence electrons. The number of aliphatic hydroxyl groups excluding tert-OH is 1. The first kappa shape index (κ1) is 20.2. The van der Waals surface area contributed by atoms with E-state index in [2.05, 4.69) is 5.32 Å². The van der Waals surface area contributed by atoms with Gasteiger partial charge in [-0.05, 0) is 56.2 Å². The molecule has 4 nitrogen and oxygen atoms in total. The van der Waals surface area contributed by atoms with Crippen LogP contribution in [0, 0.1) is 11.7 Å². The highest BCUT2D eigenvalue weighted by atomic mass is 35.5. The van der Waals surface area contributed by atoms with Crippen LogP contribution in [0.3, 0.4) is 0 Å². The maximum Gasteiger partial charge on any atom is 0.263 e. The molecule has 6 heteroatoms. The summed E-state index contributed by atoms with van der Waals surface area (Å²) in [7, 11) is 0. The summed E-state index contributed by atoms with van der Waals surface area (Å²) in [5.41, 5.74) is -0.199. The largest absolute Gasteiger partial charge is 0.478 e. The SMILES string of the molecule is CC(C)(Oc1cccc(Cl)c1)C(=O)NC[C@H](CO)Cc1ccc(F)cc1. The number of ether oxygens (including phenoxy) is 1. The van der Waals surface area contributed by atoms with Crippen LogP contribution in [0.2, 0.25) is 5.02 Å². The predicted molar refractivity (Wildman–Crippen MR) is 99.8 cm³/mol. The molecule has 0 saturated heterocycles. The van der Waals surface area contributed by atoms with Crippen LogP contribution in [0.5, 0.6) is 5.75 Å². The fraction of sp³-hybridized carbons (Fsp3) is 0.350. The second-order valence-electron chi connectivity index (χ2n) is 6.66. The lowest BCUT2D eigenvalue weighted by atomic mass is 9.99. The van der Waals surface area contributed by atoms with Crippen molar-refractivity contribution >= 4 is 17.5 Å². The summed E-state index contributed by atoms with van der Waals surface area (Å²) in [6.07, 6.45) is 0.534. The minimum atomic E-state index is -1.10. The number of halogens is 2. The number of hydrogen-bond acceptors (Lipinski definition) is 3. The van der Waals surface area contributed by atoms with Crippen LogP contribution in [0.1, 0.15) is 19.4 Å². The van der Waals surface area contributed by atoms with Gasteiger partial charge in [0.05, 0.1) is 0 Å². The summed E-state index contributed by atoms with van der Waals surface area (Å²) in [4.78, 5) is 12.5. The van der Waals surface area contributed by atoms with E-state index in [4.69, 9.17) is 16.3 Å². The number of hydrogen-bond donors (Lipinski definition) is 2. The summed E-state index contributed by atoms with van der Waals surface area (Å²) >= 11 is 5.93. The molecule has 0 fully saturated rings. The van der Waals surface area contributed by atoms with Gasteiger partial charge in [0.15, 0.2) is 5.60 Å². The van der Waals surface area contributed by atoms with Gasteiger partial charge in [-0.2, -0.15) is 0 Å². The van der Waals surface area contributed by atoms with Crippen molar-refractivity contribution in [2.75, 3.05) is 13.2 Å². The molecule has 1 atom stereocenters. The van der Waals surface area contributed by atoms with Gasteiger partial charge in [0.2, 0.25) is 0 Å². The summed E-state index contributed by atoms with van der Waals surface area (Å²) in [6.45, 7) is 3.52. The first-order chi connectivity index (χ1) is 12.3. The van der Waals surface area contributed by atoms with Crippen molar-refractivity contribution in [3.05, 3.63) is 64.9 Å². The van der Waals surface area contributed by atoms with Crippen molar-refractivity contribution in [1.29, 1.82) is 0 Å². The second-order valence-corrected chi connectivity index (χ2v) is 7.10. The van der Waals surface area contributed by atoms with Crippen molar-refractivity contribution in [1.82, 2.24) is 5.32 Å². The van der Waals surface area contributed by atoms with Gasteiger partial charge in [-0.1, -0.05) is 29.8 Å². The lowest BCUT2D eigenvalue weighted by molar-refractivity contribution is -0.134. The first-order valence-electron chi connectivity index (χ1n) is 8.38. The fourth-order valence-electron chi connectivity index (χ4n) is 2.48. The third-order valence-corrected chi connectivity index (χ3v) is 4.20. The Bertz CT molecular complexity index is 734. The van der Waals surface area contributed by atoms with Crippen LogP contribution in [0.25, 0.3) is 0 Å². The van der Waals surface area contributed by atoms with E-state index in [-0.39, 0.29) is 30.8 Å². The van der Waals surface area contributed by atoms with Gasteiger partial charge < -0.3 is 15.2 Å². The van der Waals surface area contributed by atoms with Gasteiger partial charge in [-0.25, -0.2) is 4.39 Å². The molecule has 0 aliphatic rings. The van der Waals surface area contributed by atoms with Crippen molar-refractivity contribution in [3.63, 3.8) is 0 Å². The summed E-state index contributed by atoms with van der Waals surface area (Å²) in [6, 6.07) is 12.9. The third-order valence-electron chi connectivity index (χ3n) is 3.96. The third kappa shape index (κ3) is 6.00. The molecule has 1 amide bonds. The predicted octanol–water partition coefficient (Wildman–Crippen LogP) is 3.60. The van der Waals surface area contributed by atoms with Crippen LogP contribution in [-0.2, 0) is 11.2 Å². The topological polar surface area (TPSA) is 58.6 Å². The highest BCUT2D eigenvalue weighted by Gasteiger charge is 2.30. The monoisotopic (exact) mass is 379 g/mol. The van der Waals surface area contributed by atoms with Crippen molar-refractivity contribution in [2.24, 2.45) is 5.92 Å². The van der Waals surface area contributed by atoms with Gasteiger partial charge >= 0.3 is 0 Å². The van der Waals surface area contributed by atoms with Crippen molar-refractivity contribution in [2.45, 2.75) is 25.9 Å². The molecule has 2 aromatic carbocycles. The zero-order valence-electron chi connectivity index (χ0n) is 14.8. The molecule has 0 unspecified atom stereocenters. The molecular weight excluding hydrogens is 357 g/mol. The minimum absolute atomic E-state index is 0.0900. The van der Waals surface area contributed by atoms with Crippen LogP contribution in [0.4, 0.5) is 4.39 Å². The van der Waals surface area contributed by atoms with E-state index in [9.17, 15) is 14.3 Å². The number of benzene rings is 2.